The summed E-state index contributed by atoms with van der Waals surface area (Å²) in [6.07, 6.45) is 0.875. The average molecular weight is 158 g/mol. The molecule has 61 valence electrons. The quantitative estimate of drug-likeness (QED) is 0.518. The third-order valence-corrected chi connectivity index (χ3v) is 0.866. The van der Waals surface area contributed by atoms with Crippen LogP contribution in [0.5, 0.6) is 0 Å². The van der Waals surface area contributed by atoms with E-state index in [4.69, 9.17) is 5.11 Å². The topological polar surface area (TPSA) is 83.5 Å². The lowest BCUT2D eigenvalue weighted by Gasteiger charge is -2.03. The minimum Gasteiger partial charge on any atom is -0.481 e. The summed E-state index contributed by atoms with van der Waals surface area (Å²) < 4.78 is 0. The van der Waals surface area contributed by atoms with Crippen molar-refractivity contribution in [3.8, 4) is 0 Å². The van der Waals surface area contributed by atoms with Crippen molar-refractivity contribution in [1.82, 2.24) is 5.32 Å². The van der Waals surface area contributed by atoms with Gasteiger partial charge in [0.2, 0.25) is 12.2 Å². The number of aliphatic carboxylic acids is 1. The third-order valence-electron chi connectivity index (χ3n) is 0.866. The molecule has 0 aliphatic rings. The molecule has 0 aliphatic heterocycles. The van der Waals surface area contributed by atoms with Crippen molar-refractivity contribution in [3.05, 3.63) is 0 Å². The minimum atomic E-state index is -1.22. The van der Waals surface area contributed by atoms with Crippen molar-refractivity contribution < 1.29 is 19.5 Å². The van der Waals surface area contributed by atoms with E-state index in [0.29, 0.717) is 0 Å². The van der Waals surface area contributed by atoms with Gasteiger partial charge in [0.05, 0.1) is 6.04 Å². The molecule has 5 heteroatoms. The van der Waals surface area contributed by atoms with Crippen molar-refractivity contribution >= 4 is 18.2 Å². The number of hydrogen-bond donors (Lipinski definition) is 2. The van der Waals surface area contributed by atoms with Gasteiger partial charge in [-0.1, -0.05) is 0 Å². The lowest BCUT2D eigenvalue weighted by atomic mass is 10.3. The average Bonchev–Trinajstić information content (AvgIpc) is 1.85. The highest BCUT2D eigenvalue weighted by atomic mass is 16.4. The van der Waals surface area contributed by atoms with Crippen LogP contribution in [-0.4, -0.2) is 29.3 Å². The standard InChI is InChI=1S/C6H8NO4/c1-4(3-8)7-5(9)2-6(10)11/h4H,2H2,1H3,(H,7,9)(H,10,11). The Bertz CT molecular complexity index is 177. The fourth-order valence-electron chi connectivity index (χ4n) is 0.459. The summed E-state index contributed by atoms with van der Waals surface area (Å²) in [6, 6.07) is -0.748. The van der Waals surface area contributed by atoms with Gasteiger partial charge >= 0.3 is 5.97 Å². The van der Waals surface area contributed by atoms with Gasteiger partial charge in [-0.2, -0.15) is 0 Å². The zero-order valence-corrected chi connectivity index (χ0v) is 5.96. The van der Waals surface area contributed by atoms with Gasteiger partial charge in [-0.05, 0) is 6.92 Å². The summed E-state index contributed by atoms with van der Waals surface area (Å²) in [5, 5.41) is 10.2. The first-order valence-corrected chi connectivity index (χ1v) is 2.95. The summed E-state index contributed by atoms with van der Waals surface area (Å²) in [5.74, 6) is -1.91. The van der Waals surface area contributed by atoms with Crippen LogP contribution in [0, 0.1) is 0 Å². The molecule has 1 radical (unpaired) electrons. The van der Waals surface area contributed by atoms with Crippen LogP contribution in [0.25, 0.3) is 0 Å². The van der Waals surface area contributed by atoms with E-state index in [2.05, 4.69) is 5.32 Å². The molecule has 0 aromatic carbocycles. The van der Waals surface area contributed by atoms with E-state index in [9.17, 15) is 14.4 Å². The van der Waals surface area contributed by atoms with E-state index in [1.165, 1.54) is 13.2 Å². The summed E-state index contributed by atoms with van der Waals surface area (Å²) in [6.45, 7) is 1.41. The van der Waals surface area contributed by atoms with Gasteiger partial charge in [0.25, 0.3) is 0 Å². The minimum absolute atomic E-state index is 0.619. The van der Waals surface area contributed by atoms with Crippen LogP contribution in [0.2, 0.25) is 0 Å². The Morgan fingerprint density at radius 3 is 2.55 bits per heavy atom. The highest BCUT2D eigenvalue weighted by molar-refractivity contribution is 5.94. The van der Waals surface area contributed by atoms with Crippen LogP contribution in [0.1, 0.15) is 13.3 Å². The zero-order valence-electron chi connectivity index (χ0n) is 5.96. The van der Waals surface area contributed by atoms with Gasteiger partial charge in [0.1, 0.15) is 6.42 Å². The van der Waals surface area contributed by atoms with Crippen molar-refractivity contribution in [2.24, 2.45) is 0 Å². The molecule has 0 spiro atoms. The lowest BCUT2D eigenvalue weighted by Crippen LogP contribution is -2.34. The number of rotatable bonds is 4. The molecule has 11 heavy (non-hydrogen) atoms. The molecule has 1 atom stereocenters. The molecule has 1 unspecified atom stereocenters. The van der Waals surface area contributed by atoms with Crippen molar-refractivity contribution in [2.45, 2.75) is 19.4 Å². The molecule has 0 saturated heterocycles. The first-order chi connectivity index (χ1) is 5.06. The molecule has 0 aromatic rings. The fraction of sp³-hybridized carbons (Fsp3) is 0.500. The monoisotopic (exact) mass is 158 g/mol. The first kappa shape index (κ1) is 9.61. The zero-order chi connectivity index (χ0) is 8.85. The number of carbonyl (C=O) groups is 2. The van der Waals surface area contributed by atoms with E-state index >= 15 is 0 Å². The second kappa shape index (κ2) is 4.43. The van der Waals surface area contributed by atoms with Crippen molar-refractivity contribution in [2.75, 3.05) is 0 Å². The summed E-state index contributed by atoms with van der Waals surface area (Å²) in [5.41, 5.74) is 0. The molecule has 0 saturated carbocycles. The first-order valence-electron chi connectivity index (χ1n) is 2.95. The third kappa shape index (κ3) is 5.07. The predicted octanol–water partition coefficient (Wildman–Crippen LogP) is -0.925. The van der Waals surface area contributed by atoms with E-state index < -0.39 is 24.3 Å². The predicted molar refractivity (Wildman–Crippen MR) is 35.6 cm³/mol. The van der Waals surface area contributed by atoms with Crippen LogP contribution in [0.15, 0.2) is 0 Å². The Morgan fingerprint density at radius 1 is 1.64 bits per heavy atom. The SMILES string of the molecule is CC([C]=O)NC(=O)CC(=O)O. The van der Waals surface area contributed by atoms with Crippen LogP contribution >= 0.6 is 0 Å². The molecule has 0 fully saturated rings. The van der Waals surface area contributed by atoms with Gasteiger partial charge in [-0.3, -0.25) is 14.4 Å². The maximum absolute atomic E-state index is 10.6. The number of nitrogens with one attached hydrogen (secondary N) is 1. The molecule has 0 heterocycles. The molecule has 0 bridgehead atoms. The van der Waals surface area contributed by atoms with Gasteiger partial charge in [-0.25, -0.2) is 0 Å². The van der Waals surface area contributed by atoms with Crippen LogP contribution in [0.3, 0.4) is 0 Å². The highest BCUT2D eigenvalue weighted by Gasteiger charge is 2.09. The Balaban J connectivity index is 3.69. The number of carboxylic acids is 1. The van der Waals surface area contributed by atoms with Gasteiger partial charge in [-0.15, -0.1) is 0 Å². The Hall–Kier alpha value is -1.39. The number of carbonyl (C=O) groups excluding carboxylic acids is 2. The molecule has 0 aromatic heterocycles. The molecular formula is C6H8NO4. The van der Waals surface area contributed by atoms with E-state index in [0.717, 1.165) is 0 Å². The normalized spacial score (nSPS) is 11.7. The van der Waals surface area contributed by atoms with E-state index in [-0.39, 0.29) is 0 Å². The molecule has 5 nitrogen and oxygen atoms in total. The van der Waals surface area contributed by atoms with Crippen LogP contribution in [0.4, 0.5) is 0 Å². The largest absolute Gasteiger partial charge is 0.481 e. The van der Waals surface area contributed by atoms with Gasteiger partial charge in [0.15, 0.2) is 0 Å². The molecule has 0 aliphatic carbocycles. The lowest BCUT2D eigenvalue weighted by molar-refractivity contribution is -0.140. The maximum atomic E-state index is 10.6. The smallest absolute Gasteiger partial charge is 0.312 e. The Kier molecular flexibility index (Phi) is 3.87. The summed E-state index contributed by atoms with van der Waals surface area (Å²) in [7, 11) is 0. The number of carboxylic acid groups (broad SMARTS) is 1. The number of hydrogen-bond acceptors (Lipinski definition) is 3. The maximum Gasteiger partial charge on any atom is 0.312 e. The summed E-state index contributed by atoms with van der Waals surface area (Å²) in [4.78, 5) is 30.3. The molecule has 1 amide bonds. The van der Waals surface area contributed by atoms with E-state index in [1.807, 2.05) is 0 Å². The van der Waals surface area contributed by atoms with Crippen molar-refractivity contribution in [1.29, 1.82) is 0 Å². The van der Waals surface area contributed by atoms with Crippen molar-refractivity contribution in [3.63, 3.8) is 0 Å². The van der Waals surface area contributed by atoms with Crippen LogP contribution in [-0.2, 0) is 14.4 Å². The van der Waals surface area contributed by atoms with Gasteiger partial charge < -0.3 is 10.4 Å². The second-order valence-electron chi connectivity index (χ2n) is 1.98. The molecular weight excluding hydrogens is 150 g/mol. The van der Waals surface area contributed by atoms with Gasteiger partial charge in [0, 0.05) is 0 Å². The Morgan fingerprint density at radius 2 is 2.18 bits per heavy atom. The highest BCUT2D eigenvalue weighted by Crippen LogP contribution is 1.81. The second-order valence-corrected chi connectivity index (χ2v) is 1.98. The Labute approximate surface area is 63.4 Å². The number of amides is 1. The van der Waals surface area contributed by atoms with Crippen LogP contribution < -0.4 is 5.32 Å². The fourth-order valence-corrected chi connectivity index (χ4v) is 0.459. The molecule has 2 N–H and O–H groups in total. The molecule has 0 rings (SSSR count). The summed E-state index contributed by atoms with van der Waals surface area (Å²) >= 11 is 0. The van der Waals surface area contributed by atoms with E-state index in [1.54, 1.807) is 0 Å².